The zero-order valence-corrected chi connectivity index (χ0v) is 11.9. The van der Waals surface area contributed by atoms with Crippen LogP contribution in [0.15, 0.2) is 54.0 Å². The molecule has 3 atom stereocenters. The van der Waals surface area contributed by atoms with Crippen LogP contribution in [0.1, 0.15) is 18.4 Å². The van der Waals surface area contributed by atoms with Gasteiger partial charge in [0, 0.05) is 5.41 Å². The van der Waals surface area contributed by atoms with Gasteiger partial charge in [-0.3, -0.25) is 0 Å². The van der Waals surface area contributed by atoms with Crippen molar-refractivity contribution in [3.05, 3.63) is 54.6 Å². The van der Waals surface area contributed by atoms with Gasteiger partial charge in [-0.05, 0) is 37.8 Å². The van der Waals surface area contributed by atoms with E-state index in [0.29, 0.717) is 10.8 Å². The summed E-state index contributed by atoms with van der Waals surface area (Å²) in [6, 6.07) is 7.12. The van der Waals surface area contributed by atoms with Gasteiger partial charge in [-0.15, -0.1) is 6.58 Å². The second-order valence-electron chi connectivity index (χ2n) is 5.71. The summed E-state index contributed by atoms with van der Waals surface area (Å²) in [7, 11) is -3.24. The number of fused-ring (bicyclic) bond motifs is 1. The molecule has 0 spiro atoms. The van der Waals surface area contributed by atoms with Crippen LogP contribution in [0.2, 0.25) is 0 Å². The van der Waals surface area contributed by atoms with Gasteiger partial charge in [0.25, 0.3) is 0 Å². The number of aryl methyl sites for hydroxylation is 1. The molecule has 2 nitrogen and oxygen atoms in total. The van der Waals surface area contributed by atoms with E-state index in [0.717, 1.165) is 18.4 Å². The Kier molecular flexibility index (Phi) is 2.72. The minimum Gasteiger partial charge on any atom is -0.223 e. The number of hydrogen-bond donors (Lipinski definition) is 0. The Morgan fingerprint density at radius 2 is 2.00 bits per heavy atom. The van der Waals surface area contributed by atoms with Crippen molar-refractivity contribution < 1.29 is 8.42 Å². The molecule has 0 aromatic heterocycles. The van der Waals surface area contributed by atoms with E-state index < -0.39 is 9.84 Å². The highest BCUT2D eigenvalue weighted by Gasteiger charge is 2.53. The second kappa shape index (κ2) is 4.07. The number of allylic oxidation sites excluding steroid dienone is 2. The van der Waals surface area contributed by atoms with Crippen LogP contribution in [0.3, 0.4) is 0 Å². The lowest BCUT2D eigenvalue weighted by Gasteiger charge is -2.20. The molecule has 0 N–H and O–H groups in total. The number of sulfone groups is 1. The molecule has 1 aromatic rings. The monoisotopic (exact) mass is 274 g/mol. The molecule has 0 heterocycles. The Morgan fingerprint density at radius 1 is 1.32 bits per heavy atom. The molecular weight excluding hydrogens is 256 g/mol. The Bertz CT molecular complexity index is 640. The maximum Gasteiger partial charge on any atom is 0.184 e. The van der Waals surface area contributed by atoms with E-state index in [9.17, 15) is 8.42 Å². The lowest BCUT2D eigenvalue weighted by atomic mass is 9.95. The Balaban J connectivity index is 1.91. The summed E-state index contributed by atoms with van der Waals surface area (Å²) in [6.07, 6.45) is 7.64. The molecule has 3 rings (SSSR count). The average molecular weight is 274 g/mol. The van der Waals surface area contributed by atoms with E-state index in [4.69, 9.17) is 0 Å². The molecule has 100 valence electrons. The molecule has 0 amide bonds. The number of benzene rings is 1. The quantitative estimate of drug-likeness (QED) is 0.793. The average Bonchev–Trinajstić information content (AvgIpc) is 3.13. The van der Waals surface area contributed by atoms with Crippen LogP contribution >= 0.6 is 0 Å². The molecule has 1 aromatic carbocycles. The summed E-state index contributed by atoms with van der Waals surface area (Å²) in [5, 5.41) is -0.379. The Morgan fingerprint density at radius 3 is 2.58 bits per heavy atom. The third-order valence-corrected chi connectivity index (χ3v) is 6.54. The van der Waals surface area contributed by atoms with Gasteiger partial charge >= 0.3 is 0 Å². The molecule has 0 saturated heterocycles. The first-order valence-electron chi connectivity index (χ1n) is 6.61. The molecule has 2 aliphatic carbocycles. The molecule has 3 heteroatoms. The molecular formula is C16H18O2S. The fourth-order valence-electron chi connectivity index (χ4n) is 2.97. The van der Waals surface area contributed by atoms with E-state index in [1.807, 2.05) is 37.3 Å². The third-order valence-electron chi connectivity index (χ3n) is 4.47. The van der Waals surface area contributed by atoms with Crippen molar-refractivity contribution in [3.63, 3.8) is 0 Å². The molecule has 0 radical (unpaired) electrons. The van der Waals surface area contributed by atoms with E-state index in [1.165, 1.54) is 0 Å². The first-order valence-corrected chi connectivity index (χ1v) is 8.16. The van der Waals surface area contributed by atoms with Gasteiger partial charge in [-0.2, -0.15) is 0 Å². The summed E-state index contributed by atoms with van der Waals surface area (Å²) in [4.78, 5) is 0.430. The maximum absolute atomic E-state index is 12.6. The normalized spacial score (nSPS) is 32.7. The van der Waals surface area contributed by atoms with Crippen molar-refractivity contribution in [1.82, 2.24) is 0 Å². The second-order valence-corrected chi connectivity index (χ2v) is 7.88. The van der Waals surface area contributed by atoms with Crippen LogP contribution in [-0.2, 0) is 9.84 Å². The van der Waals surface area contributed by atoms with Crippen LogP contribution in [0, 0.1) is 18.3 Å². The summed E-state index contributed by atoms with van der Waals surface area (Å²) < 4.78 is 25.2. The van der Waals surface area contributed by atoms with Crippen LogP contribution in [0.5, 0.6) is 0 Å². The van der Waals surface area contributed by atoms with Gasteiger partial charge in [-0.1, -0.05) is 35.9 Å². The van der Waals surface area contributed by atoms with E-state index in [1.54, 1.807) is 12.1 Å². The summed E-state index contributed by atoms with van der Waals surface area (Å²) in [5.74, 6) is 0.459. The fraction of sp³-hybridized carbons (Fsp3) is 0.375. The van der Waals surface area contributed by atoms with Crippen molar-refractivity contribution in [1.29, 1.82) is 0 Å². The van der Waals surface area contributed by atoms with Crippen LogP contribution in [-0.4, -0.2) is 13.7 Å². The minimum absolute atomic E-state index is 0.0965. The van der Waals surface area contributed by atoms with Crippen LogP contribution < -0.4 is 0 Å². The van der Waals surface area contributed by atoms with Crippen molar-refractivity contribution >= 4 is 9.84 Å². The number of rotatable bonds is 3. The van der Waals surface area contributed by atoms with Crippen molar-refractivity contribution in [2.24, 2.45) is 11.3 Å². The van der Waals surface area contributed by atoms with Gasteiger partial charge in [-0.25, -0.2) is 8.42 Å². The Hall–Kier alpha value is -1.35. The van der Waals surface area contributed by atoms with Crippen molar-refractivity contribution in [2.45, 2.75) is 29.9 Å². The molecule has 0 aliphatic heterocycles. The summed E-state index contributed by atoms with van der Waals surface area (Å²) >= 11 is 0. The third kappa shape index (κ3) is 1.96. The maximum atomic E-state index is 12.6. The van der Waals surface area contributed by atoms with Gasteiger partial charge in [0.2, 0.25) is 0 Å². The molecule has 0 bridgehead atoms. The highest BCUT2D eigenvalue weighted by atomic mass is 32.2. The van der Waals surface area contributed by atoms with E-state index >= 15 is 0 Å². The lowest BCUT2D eigenvalue weighted by molar-refractivity contribution is 0.557. The topological polar surface area (TPSA) is 34.1 Å². The van der Waals surface area contributed by atoms with Crippen LogP contribution in [0.4, 0.5) is 0 Å². The van der Waals surface area contributed by atoms with Gasteiger partial charge in [0.05, 0.1) is 10.1 Å². The lowest BCUT2D eigenvalue weighted by Crippen LogP contribution is -2.23. The van der Waals surface area contributed by atoms with Crippen molar-refractivity contribution in [2.75, 3.05) is 0 Å². The van der Waals surface area contributed by atoms with Gasteiger partial charge in [0.15, 0.2) is 9.84 Å². The predicted molar refractivity (Wildman–Crippen MR) is 76.6 cm³/mol. The predicted octanol–water partition coefficient (Wildman–Crippen LogP) is 3.29. The zero-order chi connectivity index (χ0) is 13.7. The Labute approximate surface area is 114 Å². The first-order chi connectivity index (χ1) is 8.98. The molecule has 1 unspecified atom stereocenters. The molecule has 1 fully saturated rings. The van der Waals surface area contributed by atoms with Gasteiger partial charge < -0.3 is 0 Å². The summed E-state index contributed by atoms with van der Waals surface area (Å²) in [6.45, 7) is 5.81. The van der Waals surface area contributed by atoms with Crippen molar-refractivity contribution in [3.8, 4) is 0 Å². The van der Waals surface area contributed by atoms with Gasteiger partial charge in [0.1, 0.15) is 0 Å². The van der Waals surface area contributed by atoms with Crippen LogP contribution in [0.25, 0.3) is 0 Å². The summed E-state index contributed by atoms with van der Waals surface area (Å²) in [5.41, 5.74) is 1.17. The van der Waals surface area contributed by atoms with E-state index in [-0.39, 0.29) is 10.7 Å². The number of hydrogen-bond acceptors (Lipinski definition) is 2. The molecule has 2 aliphatic rings. The van der Waals surface area contributed by atoms with E-state index in [2.05, 4.69) is 6.58 Å². The first kappa shape index (κ1) is 12.7. The smallest absolute Gasteiger partial charge is 0.184 e. The standard InChI is InChI=1S/C16H18O2S/c1-3-16-9-8-15(10-13(16)11-16)19(17,18)14-6-4-12(2)5-7-14/h3-9,13,15H,1,10-11H2,2H3/t13-,15?,16+/m1/s1. The highest BCUT2D eigenvalue weighted by Crippen LogP contribution is 2.60. The highest BCUT2D eigenvalue weighted by molar-refractivity contribution is 7.92. The zero-order valence-electron chi connectivity index (χ0n) is 11.0. The SMILES string of the molecule is C=C[C@@]12C=CC(S(=O)(=O)c3ccc(C)cc3)C[C@@H]1C2. The molecule has 1 saturated carbocycles. The molecule has 19 heavy (non-hydrogen) atoms. The fourth-order valence-corrected chi connectivity index (χ4v) is 4.61. The largest absolute Gasteiger partial charge is 0.223 e. The minimum atomic E-state index is -3.24.